The van der Waals surface area contributed by atoms with Crippen LogP contribution in [0.2, 0.25) is 0 Å². The summed E-state index contributed by atoms with van der Waals surface area (Å²) in [5.41, 5.74) is 8.89. The standard InChI is InChI=1S/C22H23N3S/c1-14-15(11-23)3-2-4-18(14)16-9-17-13-26-8-7-25-21-5-6-24-12-20(21)19(10-16)22(17)25/h2-4,9-10,20-21,24H,5-8,12-13H2,1H3/t20-,21-/m0/s1. The van der Waals surface area contributed by atoms with Crippen LogP contribution in [0, 0.1) is 18.3 Å². The van der Waals surface area contributed by atoms with Gasteiger partial charge in [-0.1, -0.05) is 12.1 Å². The van der Waals surface area contributed by atoms with Crippen molar-refractivity contribution in [3.05, 3.63) is 52.6 Å². The Bertz CT molecular complexity index is 914. The second-order valence-electron chi connectivity index (χ2n) is 7.58. The van der Waals surface area contributed by atoms with E-state index in [0.29, 0.717) is 12.0 Å². The third-order valence-corrected chi connectivity index (χ3v) is 7.24. The zero-order valence-electron chi connectivity index (χ0n) is 15.1. The Labute approximate surface area is 159 Å². The Morgan fingerprint density at radius 1 is 1.31 bits per heavy atom. The highest BCUT2D eigenvalue weighted by atomic mass is 32.2. The summed E-state index contributed by atoms with van der Waals surface area (Å²) in [5, 5.41) is 13.0. The molecule has 1 N–H and O–H groups in total. The van der Waals surface area contributed by atoms with Crippen molar-refractivity contribution in [2.24, 2.45) is 0 Å². The van der Waals surface area contributed by atoms with Gasteiger partial charge in [-0.3, -0.25) is 0 Å². The molecule has 0 bridgehead atoms. The zero-order chi connectivity index (χ0) is 17.7. The summed E-state index contributed by atoms with van der Waals surface area (Å²) < 4.78 is 0. The van der Waals surface area contributed by atoms with E-state index in [4.69, 9.17) is 0 Å². The second-order valence-corrected chi connectivity index (χ2v) is 8.68. The highest BCUT2D eigenvalue weighted by Gasteiger charge is 2.41. The maximum Gasteiger partial charge on any atom is 0.0994 e. The minimum Gasteiger partial charge on any atom is -0.367 e. The smallest absolute Gasteiger partial charge is 0.0994 e. The normalized spacial score (nSPS) is 23.8. The fourth-order valence-corrected chi connectivity index (χ4v) is 5.92. The van der Waals surface area contributed by atoms with Gasteiger partial charge in [-0.15, -0.1) is 0 Å². The largest absolute Gasteiger partial charge is 0.367 e. The fourth-order valence-electron chi connectivity index (χ4n) is 5.01. The number of thioether (sulfide) groups is 1. The van der Waals surface area contributed by atoms with Crippen molar-refractivity contribution in [2.75, 3.05) is 30.3 Å². The maximum atomic E-state index is 9.41. The lowest BCUT2D eigenvalue weighted by Crippen LogP contribution is -2.44. The van der Waals surface area contributed by atoms with E-state index in [2.05, 4.69) is 53.2 Å². The SMILES string of the molecule is Cc1c(C#N)cccc1-c1cc2c3c(c1)[C@@H]1CNCC[C@@H]1N3CCSC2. The van der Waals surface area contributed by atoms with Crippen molar-refractivity contribution < 1.29 is 0 Å². The highest BCUT2D eigenvalue weighted by Crippen LogP contribution is 2.49. The van der Waals surface area contributed by atoms with Gasteiger partial charge in [0.15, 0.2) is 0 Å². The van der Waals surface area contributed by atoms with Crippen LogP contribution in [-0.4, -0.2) is 31.4 Å². The summed E-state index contributed by atoms with van der Waals surface area (Å²) in [7, 11) is 0. The molecule has 2 aromatic carbocycles. The van der Waals surface area contributed by atoms with Gasteiger partial charge >= 0.3 is 0 Å². The Balaban J connectivity index is 1.70. The van der Waals surface area contributed by atoms with E-state index < -0.39 is 0 Å². The minimum atomic E-state index is 0.597. The van der Waals surface area contributed by atoms with Crippen molar-refractivity contribution in [3.8, 4) is 17.2 Å². The second kappa shape index (κ2) is 6.33. The maximum absolute atomic E-state index is 9.41. The van der Waals surface area contributed by atoms with Crippen molar-refractivity contribution in [3.63, 3.8) is 0 Å². The van der Waals surface area contributed by atoms with Crippen molar-refractivity contribution >= 4 is 17.4 Å². The molecule has 3 heterocycles. The summed E-state index contributed by atoms with van der Waals surface area (Å²) in [5.74, 6) is 2.90. The van der Waals surface area contributed by atoms with Gasteiger partial charge in [0.05, 0.1) is 11.6 Å². The van der Waals surface area contributed by atoms with Crippen LogP contribution in [-0.2, 0) is 5.75 Å². The molecule has 3 nitrogen and oxygen atoms in total. The third kappa shape index (κ3) is 2.38. The average molecular weight is 362 g/mol. The van der Waals surface area contributed by atoms with Gasteiger partial charge in [0.25, 0.3) is 0 Å². The molecule has 0 unspecified atom stereocenters. The molecule has 0 saturated carbocycles. The first-order chi connectivity index (χ1) is 12.8. The molecule has 0 aliphatic carbocycles. The highest BCUT2D eigenvalue weighted by molar-refractivity contribution is 7.98. The molecule has 2 atom stereocenters. The van der Waals surface area contributed by atoms with Crippen LogP contribution in [0.25, 0.3) is 11.1 Å². The third-order valence-electron chi connectivity index (χ3n) is 6.25. The van der Waals surface area contributed by atoms with E-state index >= 15 is 0 Å². The molecule has 26 heavy (non-hydrogen) atoms. The van der Waals surface area contributed by atoms with E-state index in [1.54, 1.807) is 0 Å². The quantitative estimate of drug-likeness (QED) is 0.832. The Hall–Kier alpha value is -1.96. The molecular weight excluding hydrogens is 338 g/mol. The number of piperidine rings is 1. The molecule has 3 aliphatic rings. The number of hydrogen-bond donors (Lipinski definition) is 1. The van der Waals surface area contributed by atoms with E-state index in [0.717, 1.165) is 30.0 Å². The van der Waals surface area contributed by atoms with Gasteiger partial charge in [0.2, 0.25) is 0 Å². The predicted octanol–water partition coefficient (Wildman–Crippen LogP) is 4.05. The molecule has 1 saturated heterocycles. The first-order valence-corrected chi connectivity index (χ1v) is 10.7. The predicted molar refractivity (Wildman–Crippen MR) is 109 cm³/mol. The van der Waals surface area contributed by atoms with Gasteiger partial charge in [-0.2, -0.15) is 17.0 Å². The average Bonchev–Trinajstić information content (AvgIpc) is 2.83. The monoisotopic (exact) mass is 361 g/mol. The molecule has 0 spiro atoms. The van der Waals surface area contributed by atoms with Gasteiger partial charge in [0, 0.05) is 42.2 Å². The lowest BCUT2D eigenvalue weighted by atomic mass is 9.87. The van der Waals surface area contributed by atoms with Crippen LogP contribution in [0.4, 0.5) is 5.69 Å². The van der Waals surface area contributed by atoms with E-state index in [-0.39, 0.29) is 0 Å². The van der Waals surface area contributed by atoms with E-state index in [1.165, 1.54) is 46.7 Å². The number of nitrogens with one attached hydrogen (secondary N) is 1. The van der Waals surface area contributed by atoms with Gasteiger partial charge in [-0.25, -0.2) is 0 Å². The lowest BCUT2D eigenvalue weighted by molar-refractivity contribution is 0.406. The van der Waals surface area contributed by atoms with Crippen LogP contribution in [0.1, 0.15) is 34.6 Å². The molecular formula is C22H23N3S. The molecule has 132 valence electrons. The van der Waals surface area contributed by atoms with Crippen LogP contribution >= 0.6 is 11.8 Å². The molecule has 3 aliphatic heterocycles. The van der Waals surface area contributed by atoms with E-state index in [9.17, 15) is 5.26 Å². The minimum absolute atomic E-state index is 0.597. The van der Waals surface area contributed by atoms with Crippen LogP contribution in [0.15, 0.2) is 30.3 Å². The lowest BCUT2D eigenvalue weighted by Gasteiger charge is -2.33. The number of nitriles is 1. The Kier molecular flexibility index (Phi) is 3.95. The number of hydrogen-bond acceptors (Lipinski definition) is 4. The molecule has 0 aromatic heterocycles. The fraction of sp³-hybridized carbons (Fsp3) is 0.409. The Morgan fingerprint density at radius 3 is 3.12 bits per heavy atom. The number of nitrogens with zero attached hydrogens (tertiary/aromatic N) is 2. The first kappa shape index (κ1) is 16.2. The summed E-state index contributed by atoms with van der Waals surface area (Å²) >= 11 is 2.05. The van der Waals surface area contributed by atoms with Gasteiger partial charge < -0.3 is 10.2 Å². The molecule has 0 amide bonds. The molecule has 1 fully saturated rings. The Morgan fingerprint density at radius 2 is 2.23 bits per heavy atom. The van der Waals surface area contributed by atoms with Crippen molar-refractivity contribution in [1.29, 1.82) is 5.26 Å². The number of fused-ring (bicyclic) bond motifs is 3. The van der Waals surface area contributed by atoms with Crippen LogP contribution in [0.5, 0.6) is 0 Å². The number of benzene rings is 2. The molecule has 5 rings (SSSR count). The number of rotatable bonds is 1. The van der Waals surface area contributed by atoms with Crippen molar-refractivity contribution in [2.45, 2.75) is 31.1 Å². The summed E-state index contributed by atoms with van der Waals surface area (Å²) in [6.07, 6.45) is 1.24. The van der Waals surface area contributed by atoms with Crippen LogP contribution in [0.3, 0.4) is 0 Å². The van der Waals surface area contributed by atoms with Gasteiger partial charge in [-0.05, 0) is 65.9 Å². The summed E-state index contributed by atoms with van der Waals surface area (Å²) in [4.78, 5) is 2.71. The number of anilines is 1. The van der Waals surface area contributed by atoms with Gasteiger partial charge in [0.1, 0.15) is 0 Å². The molecule has 2 aromatic rings. The van der Waals surface area contributed by atoms with Crippen LogP contribution < -0.4 is 10.2 Å². The molecule has 0 radical (unpaired) electrons. The first-order valence-electron chi connectivity index (χ1n) is 9.50. The zero-order valence-corrected chi connectivity index (χ0v) is 15.9. The van der Waals surface area contributed by atoms with Crippen molar-refractivity contribution in [1.82, 2.24) is 5.32 Å². The summed E-state index contributed by atoms with van der Waals surface area (Å²) in [6.45, 7) is 5.46. The van der Waals surface area contributed by atoms with E-state index in [1.807, 2.05) is 12.1 Å². The topological polar surface area (TPSA) is 39.1 Å². The summed E-state index contributed by atoms with van der Waals surface area (Å²) in [6, 6.07) is 13.9. The molecule has 4 heteroatoms.